The fraction of sp³-hybridized carbons (Fsp3) is 0.800. The predicted molar refractivity (Wildman–Crippen MR) is 165 cm³/mol. The number of hydrogen-bond donors (Lipinski definition) is 2. The van der Waals surface area contributed by atoms with Gasteiger partial charge in [0.1, 0.15) is 17.5 Å². The van der Waals surface area contributed by atoms with Crippen LogP contribution in [0.1, 0.15) is 43.5 Å². The van der Waals surface area contributed by atoms with Crippen molar-refractivity contribution in [1.29, 1.82) is 0 Å². The van der Waals surface area contributed by atoms with E-state index in [0.29, 0.717) is 50.3 Å². The Bertz CT molecular complexity index is 1310. The Morgan fingerprint density at radius 1 is 0.978 bits per heavy atom. The van der Waals surface area contributed by atoms with Crippen LogP contribution in [0.2, 0.25) is 0 Å². The van der Waals surface area contributed by atoms with Crippen LogP contribution in [-0.2, 0) is 28.4 Å². The molecule has 1 saturated heterocycles. The first kappa shape index (κ1) is 32.7. The summed E-state index contributed by atoms with van der Waals surface area (Å²) in [5.74, 6) is -0.750. The molecule has 2 N–H and O–H groups in total. The molecule has 0 amide bonds. The quantitative estimate of drug-likeness (QED) is 0.344. The highest BCUT2D eigenvalue weighted by Gasteiger charge is 2.90. The Labute approximate surface area is 271 Å². The van der Waals surface area contributed by atoms with Crippen LogP contribution in [0.5, 0.6) is 5.75 Å². The van der Waals surface area contributed by atoms with Crippen molar-refractivity contribution in [2.24, 2.45) is 34.5 Å². The van der Waals surface area contributed by atoms with Gasteiger partial charge in [0.25, 0.3) is 0 Å². The molecule has 1 aliphatic heterocycles. The summed E-state index contributed by atoms with van der Waals surface area (Å²) in [6.07, 6.45) is -1.63. The molecule has 11 nitrogen and oxygen atoms in total. The number of likely N-dealkylation sites (tertiary alicyclic amines) is 1. The lowest BCUT2D eigenvalue weighted by Crippen LogP contribution is -2.79. The van der Waals surface area contributed by atoms with Crippen molar-refractivity contribution in [2.75, 3.05) is 61.9 Å². The lowest BCUT2D eigenvalue weighted by Gasteiger charge is -2.70. The molecule has 6 aliphatic rings. The first-order valence-electron chi connectivity index (χ1n) is 16.8. The van der Waals surface area contributed by atoms with Gasteiger partial charge in [-0.1, -0.05) is 6.92 Å². The van der Waals surface area contributed by atoms with Crippen molar-refractivity contribution in [1.82, 2.24) is 4.90 Å². The van der Waals surface area contributed by atoms with E-state index in [1.165, 1.54) is 0 Å². The summed E-state index contributed by atoms with van der Waals surface area (Å²) in [4.78, 5) is 16.4. The standard InChI is InChI=1S/C35H51NO10/c1-8-36-17-32(18-40-3)22(37)14-23(42-5)35-21-15-33(39)24(43-6)16-34(45-9-2,26(29(35)36)27(44-7)28(32)35)25(21)30(33)46-31(38)19-10-12-20(41-4)13-11-19/h10-13,21-30,37,39H,8-9,14-18H2,1-7H3/t21-,22-,23?,24+,25-,26?,27+,28-,29-,30-,32+,33-,34-,35+/m1/s1. The number of methoxy groups -OCH3 is 5. The van der Waals surface area contributed by atoms with E-state index >= 15 is 0 Å². The van der Waals surface area contributed by atoms with E-state index in [4.69, 9.17) is 33.2 Å². The minimum atomic E-state index is -1.46. The van der Waals surface area contributed by atoms with Crippen molar-refractivity contribution in [3.05, 3.63) is 29.8 Å². The first-order valence-corrected chi connectivity index (χ1v) is 16.8. The summed E-state index contributed by atoms with van der Waals surface area (Å²) in [5, 5.41) is 24.9. The third-order valence-corrected chi connectivity index (χ3v) is 13.5. The molecule has 1 heterocycles. The summed E-state index contributed by atoms with van der Waals surface area (Å²) in [6, 6.07) is 6.79. The van der Waals surface area contributed by atoms with Gasteiger partial charge in [-0.15, -0.1) is 0 Å². The zero-order valence-electron chi connectivity index (χ0n) is 28.1. The molecular weight excluding hydrogens is 594 g/mol. The number of aliphatic hydroxyl groups is 2. The largest absolute Gasteiger partial charge is 0.497 e. The normalized spacial score (nSPS) is 48.4. The van der Waals surface area contributed by atoms with Crippen LogP contribution < -0.4 is 4.74 Å². The zero-order valence-corrected chi connectivity index (χ0v) is 28.1. The molecule has 11 heteroatoms. The van der Waals surface area contributed by atoms with Gasteiger partial charge < -0.3 is 43.4 Å². The van der Waals surface area contributed by atoms with Gasteiger partial charge in [0.15, 0.2) is 0 Å². The third kappa shape index (κ3) is 3.80. The van der Waals surface area contributed by atoms with Gasteiger partial charge in [0.05, 0.1) is 49.3 Å². The van der Waals surface area contributed by atoms with Crippen molar-refractivity contribution in [2.45, 2.75) is 80.9 Å². The van der Waals surface area contributed by atoms with Gasteiger partial charge in [0.2, 0.25) is 0 Å². The monoisotopic (exact) mass is 645 g/mol. The minimum absolute atomic E-state index is 0.0152. The van der Waals surface area contributed by atoms with Crippen LogP contribution in [-0.4, -0.2) is 131 Å². The number of benzene rings is 1. The van der Waals surface area contributed by atoms with Crippen LogP contribution in [0.25, 0.3) is 0 Å². The topological polar surface area (TPSA) is 125 Å². The number of carbonyl (C=O) groups excluding carboxylic acids is 1. The fourth-order valence-corrected chi connectivity index (χ4v) is 12.5. The predicted octanol–water partition coefficient (Wildman–Crippen LogP) is 2.16. The molecule has 1 aromatic carbocycles. The van der Waals surface area contributed by atoms with Gasteiger partial charge in [-0.3, -0.25) is 4.90 Å². The lowest BCUT2D eigenvalue weighted by molar-refractivity contribution is -0.304. The Kier molecular flexibility index (Phi) is 8.08. The molecule has 7 rings (SSSR count). The molecule has 6 fully saturated rings. The molecule has 1 spiro atoms. The van der Waals surface area contributed by atoms with Crippen molar-refractivity contribution < 1.29 is 48.2 Å². The van der Waals surface area contributed by atoms with Gasteiger partial charge in [0, 0.05) is 89.1 Å². The average Bonchev–Trinajstić information content (AvgIpc) is 3.43. The summed E-state index contributed by atoms with van der Waals surface area (Å²) in [5.41, 5.74) is -3.11. The van der Waals surface area contributed by atoms with Gasteiger partial charge >= 0.3 is 5.97 Å². The molecule has 2 unspecified atom stereocenters. The van der Waals surface area contributed by atoms with Crippen LogP contribution in [0.4, 0.5) is 0 Å². The maximum atomic E-state index is 13.9. The molecule has 46 heavy (non-hydrogen) atoms. The Morgan fingerprint density at radius 3 is 2.28 bits per heavy atom. The summed E-state index contributed by atoms with van der Waals surface area (Å²) < 4.78 is 44.0. The van der Waals surface area contributed by atoms with Crippen LogP contribution >= 0.6 is 0 Å². The van der Waals surface area contributed by atoms with Gasteiger partial charge in [-0.05, 0) is 50.1 Å². The van der Waals surface area contributed by atoms with E-state index in [9.17, 15) is 15.0 Å². The molecule has 14 atom stereocenters. The average molecular weight is 646 g/mol. The van der Waals surface area contributed by atoms with Gasteiger partial charge in [-0.25, -0.2) is 4.79 Å². The molecule has 7 bridgehead atoms. The minimum Gasteiger partial charge on any atom is -0.497 e. The summed E-state index contributed by atoms with van der Waals surface area (Å²) in [6.45, 7) is 6.38. The fourth-order valence-electron chi connectivity index (χ4n) is 12.5. The maximum Gasteiger partial charge on any atom is 0.338 e. The SMILES string of the molecule is CCO[C@]12C[C@H](OC)[C@]3(O)C[C@H]([C@@H]1[C@H]3OC(=O)c1ccc(OC)cc1)[C@@]13C(OC)C[C@@H](O)[C@@]4(COC)CN(CC)[C@@H]1C2[C@H](OC)[C@H]43. The van der Waals surface area contributed by atoms with E-state index in [0.717, 1.165) is 6.54 Å². The molecule has 256 valence electrons. The Morgan fingerprint density at radius 2 is 1.70 bits per heavy atom. The first-order chi connectivity index (χ1) is 22.1. The molecule has 0 aromatic heterocycles. The zero-order chi connectivity index (χ0) is 32.8. The second-order valence-corrected chi connectivity index (χ2v) is 14.6. The molecule has 0 radical (unpaired) electrons. The third-order valence-electron chi connectivity index (χ3n) is 13.5. The van der Waals surface area contributed by atoms with Crippen molar-refractivity contribution in [3.63, 3.8) is 0 Å². The highest BCUT2D eigenvalue weighted by atomic mass is 16.6. The number of nitrogens with zero attached hydrogens (tertiary/aromatic N) is 1. The van der Waals surface area contributed by atoms with Crippen molar-refractivity contribution >= 4 is 5.97 Å². The maximum absolute atomic E-state index is 13.9. The van der Waals surface area contributed by atoms with E-state index < -0.39 is 46.3 Å². The van der Waals surface area contributed by atoms with Crippen LogP contribution in [0.3, 0.4) is 0 Å². The summed E-state index contributed by atoms with van der Waals surface area (Å²) >= 11 is 0. The van der Waals surface area contributed by atoms with E-state index in [-0.39, 0.29) is 41.9 Å². The van der Waals surface area contributed by atoms with E-state index in [1.54, 1.807) is 59.8 Å². The molecule has 1 aromatic rings. The smallest absolute Gasteiger partial charge is 0.338 e. The number of piperidine rings is 1. The highest BCUT2D eigenvalue weighted by molar-refractivity contribution is 5.89. The van der Waals surface area contributed by atoms with Crippen LogP contribution in [0, 0.1) is 34.5 Å². The van der Waals surface area contributed by atoms with Gasteiger partial charge in [-0.2, -0.15) is 0 Å². The number of esters is 1. The number of carbonyl (C=O) groups is 1. The van der Waals surface area contributed by atoms with Crippen molar-refractivity contribution in [3.8, 4) is 5.75 Å². The summed E-state index contributed by atoms with van der Waals surface area (Å²) in [7, 11) is 8.39. The Balaban J connectivity index is 1.45. The van der Waals surface area contributed by atoms with E-state index in [1.807, 2.05) is 6.92 Å². The van der Waals surface area contributed by atoms with E-state index in [2.05, 4.69) is 11.8 Å². The number of fused-ring (bicyclic) bond motifs is 2. The number of aliphatic hydroxyl groups excluding tert-OH is 1. The second-order valence-electron chi connectivity index (χ2n) is 14.6. The van der Waals surface area contributed by atoms with Crippen LogP contribution in [0.15, 0.2) is 24.3 Å². The number of hydrogen-bond acceptors (Lipinski definition) is 11. The number of rotatable bonds is 11. The molecule has 5 saturated carbocycles. The highest BCUT2D eigenvalue weighted by Crippen LogP contribution is 2.80. The lowest BCUT2D eigenvalue weighted by atomic mass is 9.42. The number of ether oxygens (including phenoxy) is 7. The molecular formula is C35H51NO10. The Hall–Kier alpha value is -1.83. The molecule has 5 aliphatic carbocycles. The second kappa shape index (κ2) is 11.4.